The van der Waals surface area contributed by atoms with E-state index >= 15 is 0 Å². The molecule has 0 amide bonds. The van der Waals surface area contributed by atoms with Crippen molar-refractivity contribution in [3.8, 4) is 0 Å². The first-order valence-electron chi connectivity index (χ1n) is 5.91. The second-order valence-electron chi connectivity index (χ2n) is 4.41. The van der Waals surface area contributed by atoms with Gasteiger partial charge in [-0.1, -0.05) is 6.92 Å². The molecule has 1 aromatic rings. The molecule has 0 fully saturated rings. The number of rotatable bonds is 4. The zero-order chi connectivity index (χ0) is 12.4. The lowest BCUT2D eigenvalue weighted by Gasteiger charge is -2.22. The molecule has 0 saturated heterocycles. The van der Waals surface area contributed by atoms with Gasteiger partial charge in [0.05, 0.1) is 11.7 Å². The summed E-state index contributed by atoms with van der Waals surface area (Å²) >= 11 is 0. The maximum absolute atomic E-state index is 10.9. The average Bonchev–Trinajstić information content (AvgIpc) is 2.71. The van der Waals surface area contributed by atoms with Crippen molar-refractivity contribution in [2.45, 2.75) is 25.9 Å². The van der Waals surface area contributed by atoms with Crippen molar-refractivity contribution in [3.05, 3.63) is 29.3 Å². The number of aliphatic hydroxyl groups excluding tert-OH is 1. The fourth-order valence-electron chi connectivity index (χ4n) is 2.18. The van der Waals surface area contributed by atoms with Crippen molar-refractivity contribution in [2.75, 3.05) is 18.0 Å². The summed E-state index contributed by atoms with van der Waals surface area (Å²) in [7, 11) is 0. The van der Waals surface area contributed by atoms with Crippen molar-refractivity contribution in [1.29, 1.82) is 0 Å². The molecule has 2 N–H and O–H groups in total. The first-order valence-corrected chi connectivity index (χ1v) is 5.91. The number of benzene rings is 1. The third-order valence-corrected chi connectivity index (χ3v) is 3.22. The summed E-state index contributed by atoms with van der Waals surface area (Å²) in [6.45, 7) is 3.43. The Kier molecular flexibility index (Phi) is 3.33. The summed E-state index contributed by atoms with van der Waals surface area (Å²) in [5.41, 5.74) is 2.46. The number of nitrogens with zero attached hydrogens (tertiary/aromatic N) is 1. The minimum atomic E-state index is -0.889. The van der Waals surface area contributed by atoms with Gasteiger partial charge in [-0.2, -0.15) is 0 Å². The molecule has 1 atom stereocenters. The van der Waals surface area contributed by atoms with Gasteiger partial charge in [-0.3, -0.25) is 0 Å². The molecule has 17 heavy (non-hydrogen) atoms. The van der Waals surface area contributed by atoms with E-state index in [0.717, 1.165) is 30.6 Å². The monoisotopic (exact) mass is 235 g/mol. The molecule has 0 saturated carbocycles. The van der Waals surface area contributed by atoms with E-state index in [1.165, 1.54) is 0 Å². The quantitative estimate of drug-likeness (QED) is 0.830. The van der Waals surface area contributed by atoms with E-state index < -0.39 is 5.97 Å². The standard InChI is InChI=1S/C13H17NO3/c1-2-11(15)8-14-6-5-9-7-10(13(16)17)3-4-12(9)14/h3-4,7,11,15H,2,5-6,8H2,1H3,(H,16,17). The fraction of sp³-hybridized carbons (Fsp3) is 0.462. The molecule has 1 aliphatic rings. The number of carboxylic acid groups (broad SMARTS) is 1. The molecule has 4 heteroatoms. The van der Waals surface area contributed by atoms with Gasteiger partial charge in [-0.15, -0.1) is 0 Å². The van der Waals surface area contributed by atoms with Crippen molar-refractivity contribution >= 4 is 11.7 Å². The largest absolute Gasteiger partial charge is 0.478 e. The number of aliphatic hydroxyl groups is 1. The Morgan fingerprint density at radius 2 is 2.29 bits per heavy atom. The van der Waals surface area contributed by atoms with Gasteiger partial charge in [0.15, 0.2) is 0 Å². The maximum Gasteiger partial charge on any atom is 0.335 e. The van der Waals surface area contributed by atoms with Gasteiger partial charge >= 0.3 is 5.97 Å². The summed E-state index contributed by atoms with van der Waals surface area (Å²) in [5.74, 6) is -0.889. The molecule has 1 aliphatic heterocycles. The Balaban J connectivity index is 2.19. The molecule has 0 bridgehead atoms. The van der Waals surface area contributed by atoms with Gasteiger partial charge in [-0.05, 0) is 36.6 Å². The van der Waals surface area contributed by atoms with Crippen LogP contribution in [0, 0.1) is 0 Å². The average molecular weight is 235 g/mol. The van der Waals surface area contributed by atoms with E-state index in [1.54, 1.807) is 12.1 Å². The van der Waals surface area contributed by atoms with Crippen molar-refractivity contribution in [3.63, 3.8) is 0 Å². The molecule has 2 rings (SSSR count). The van der Waals surface area contributed by atoms with Gasteiger partial charge in [0.25, 0.3) is 0 Å². The van der Waals surface area contributed by atoms with Crippen LogP contribution in [0.1, 0.15) is 29.3 Å². The molecule has 0 radical (unpaired) electrons. The first-order chi connectivity index (χ1) is 8.11. The first kappa shape index (κ1) is 11.9. The molecule has 0 spiro atoms. The predicted molar refractivity (Wildman–Crippen MR) is 65.6 cm³/mol. The second kappa shape index (κ2) is 4.75. The minimum Gasteiger partial charge on any atom is -0.478 e. The SMILES string of the molecule is CCC(O)CN1CCc2cc(C(=O)O)ccc21. The third-order valence-electron chi connectivity index (χ3n) is 3.22. The van der Waals surface area contributed by atoms with Gasteiger partial charge < -0.3 is 15.1 Å². The summed E-state index contributed by atoms with van der Waals surface area (Å²) < 4.78 is 0. The Morgan fingerprint density at radius 3 is 2.94 bits per heavy atom. The smallest absolute Gasteiger partial charge is 0.335 e. The molecule has 0 aromatic heterocycles. The van der Waals surface area contributed by atoms with Crippen LogP contribution in [0.3, 0.4) is 0 Å². The normalized spacial score (nSPS) is 15.8. The Hall–Kier alpha value is -1.55. The van der Waals surface area contributed by atoms with Gasteiger partial charge in [0, 0.05) is 18.8 Å². The molecular formula is C13H17NO3. The van der Waals surface area contributed by atoms with Gasteiger partial charge in [-0.25, -0.2) is 4.79 Å². The van der Waals surface area contributed by atoms with Crippen LogP contribution in [0.2, 0.25) is 0 Å². The number of carboxylic acids is 1. The lowest BCUT2D eigenvalue weighted by atomic mass is 10.1. The van der Waals surface area contributed by atoms with Crippen molar-refractivity contribution < 1.29 is 15.0 Å². The number of β-amino-alcohol motifs (C(OH)–C–C–N with tert-alkyl or cyclic N) is 1. The van der Waals surface area contributed by atoms with E-state index in [1.807, 2.05) is 13.0 Å². The van der Waals surface area contributed by atoms with E-state index in [4.69, 9.17) is 5.11 Å². The highest BCUT2D eigenvalue weighted by Crippen LogP contribution is 2.29. The summed E-state index contributed by atoms with van der Waals surface area (Å²) in [5, 5.41) is 18.6. The zero-order valence-corrected chi connectivity index (χ0v) is 9.89. The molecule has 92 valence electrons. The van der Waals surface area contributed by atoms with Crippen LogP contribution in [0.25, 0.3) is 0 Å². The van der Waals surface area contributed by atoms with E-state index in [2.05, 4.69) is 4.90 Å². The van der Waals surface area contributed by atoms with Crippen molar-refractivity contribution in [1.82, 2.24) is 0 Å². The molecule has 4 nitrogen and oxygen atoms in total. The molecule has 1 unspecified atom stereocenters. The molecule has 1 aromatic carbocycles. The topological polar surface area (TPSA) is 60.8 Å². The zero-order valence-electron chi connectivity index (χ0n) is 9.89. The second-order valence-corrected chi connectivity index (χ2v) is 4.41. The minimum absolute atomic E-state index is 0.319. The van der Waals surface area contributed by atoms with Crippen LogP contribution >= 0.6 is 0 Å². The number of hydrogen-bond donors (Lipinski definition) is 2. The number of aromatic carboxylic acids is 1. The Labute approximate surface area is 100 Å². The van der Waals surface area contributed by atoms with Gasteiger partial charge in [0.1, 0.15) is 0 Å². The molecule has 0 aliphatic carbocycles. The van der Waals surface area contributed by atoms with E-state index in [0.29, 0.717) is 12.1 Å². The van der Waals surface area contributed by atoms with Crippen LogP contribution in [0.15, 0.2) is 18.2 Å². The number of anilines is 1. The highest BCUT2D eigenvalue weighted by molar-refractivity contribution is 5.88. The maximum atomic E-state index is 10.9. The number of fused-ring (bicyclic) bond motifs is 1. The van der Waals surface area contributed by atoms with Crippen LogP contribution in [-0.4, -0.2) is 35.4 Å². The van der Waals surface area contributed by atoms with E-state index in [-0.39, 0.29) is 6.10 Å². The third kappa shape index (κ3) is 2.42. The summed E-state index contributed by atoms with van der Waals surface area (Å²) in [6, 6.07) is 5.20. The van der Waals surface area contributed by atoms with Crippen LogP contribution < -0.4 is 4.90 Å². The predicted octanol–water partition coefficient (Wildman–Crippen LogP) is 1.52. The van der Waals surface area contributed by atoms with E-state index in [9.17, 15) is 9.90 Å². The Morgan fingerprint density at radius 1 is 1.53 bits per heavy atom. The van der Waals surface area contributed by atoms with Crippen molar-refractivity contribution in [2.24, 2.45) is 0 Å². The highest BCUT2D eigenvalue weighted by Gasteiger charge is 2.21. The number of hydrogen-bond acceptors (Lipinski definition) is 3. The number of carbonyl (C=O) groups is 1. The Bertz CT molecular complexity index is 431. The van der Waals surface area contributed by atoms with Crippen LogP contribution in [0.4, 0.5) is 5.69 Å². The van der Waals surface area contributed by atoms with Gasteiger partial charge in [0.2, 0.25) is 0 Å². The molecule has 1 heterocycles. The fourth-order valence-corrected chi connectivity index (χ4v) is 2.18. The summed E-state index contributed by atoms with van der Waals surface area (Å²) in [6.07, 6.45) is 1.27. The summed E-state index contributed by atoms with van der Waals surface area (Å²) in [4.78, 5) is 13.0. The lowest BCUT2D eigenvalue weighted by Crippen LogP contribution is -2.30. The van der Waals surface area contributed by atoms with Crippen LogP contribution in [-0.2, 0) is 6.42 Å². The highest BCUT2D eigenvalue weighted by atomic mass is 16.4. The lowest BCUT2D eigenvalue weighted by molar-refractivity contribution is 0.0697. The molecular weight excluding hydrogens is 218 g/mol. The van der Waals surface area contributed by atoms with Crippen LogP contribution in [0.5, 0.6) is 0 Å².